The molecule has 0 saturated heterocycles. The smallest absolute Gasteiger partial charge is 0.323 e. The summed E-state index contributed by atoms with van der Waals surface area (Å²) < 4.78 is 15.2. The van der Waals surface area contributed by atoms with Crippen molar-refractivity contribution in [2.75, 3.05) is 21.3 Å². The monoisotopic (exact) mass is 358 g/mol. The van der Waals surface area contributed by atoms with Crippen LogP contribution in [0.15, 0.2) is 36.4 Å². The first kappa shape index (κ1) is 18.5. The number of carbonyl (C=O) groups excluding carboxylic acids is 2. The molecule has 0 bridgehead atoms. The van der Waals surface area contributed by atoms with E-state index in [4.69, 9.17) is 14.2 Å². The van der Waals surface area contributed by atoms with E-state index in [1.807, 2.05) is 12.1 Å². The lowest BCUT2D eigenvalue weighted by atomic mass is 9.69. The molecule has 2 aliphatic carbocycles. The van der Waals surface area contributed by atoms with Crippen molar-refractivity contribution in [1.29, 1.82) is 0 Å². The molecule has 0 radical (unpaired) electrons. The molecule has 5 nitrogen and oxygen atoms in total. The number of methoxy groups -OCH3 is 3. The van der Waals surface area contributed by atoms with Crippen molar-refractivity contribution in [3.63, 3.8) is 0 Å². The SMILES string of the molecule is COC(=O)C1(C(=O)OC)C[C@@H]2[C@@H](c3ccc(OC)cc3)[C@H](C)C=C[C@@H]2C1. The van der Waals surface area contributed by atoms with Crippen LogP contribution in [0.1, 0.15) is 31.2 Å². The Hall–Kier alpha value is -2.30. The second-order valence-corrected chi connectivity index (χ2v) is 7.34. The van der Waals surface area contributed by atoms with Gasteiger partial charge in [-0.3, -0.25) is 9.59 Å². The summed E-state index contributed by atoms with van der Waals surface area (Å²) in [5.74, 6) is 0.705. The summed E-state index contributed by atoms with van der Waals surface area (Å²) in [6.45, 7) is 2.18. The standard InChI is InChI=1S/C21H26O5/c1-13-5-6-15-11-21(19(22)25-3,20(23)26-4)12-17(15)18(13)14-7-9-16(24-2)10-8-14/h5-10,13,15,17-18H,11-12H2,1-4H3/t13-,15-,17+,18-/m1/s1. The van der Waals surface area contributed by atoms with Gasteiger partial charge in [-0.15, -0.1) is 0 Å². The summed E-state index contributed by atoms with van der Waals surface area (Å²) in [5, 5.41) is 0. The lowest BCUT2D eigenvalue weighted by molar-refractivity contribution is -0.169. The Morgan fingerprint density at radius 1 is 0.962 bits per heavy atom. The Labute approximate surface area is 154 Å². The van der Waals surface area contributed by atoms with E-state index in [1.54, 1.807) is 7.11 Å². The van der Waals surface area contributed by atoms with Crippen molar-refractivity contribution in [1.82, 2.24) is 0 Å². The second kappa shape index (κ2) is 7.14. The van der Waals surface area contributed by atoms with Crippen LogP contribution < -0.4 is 4.74 Å². The van der Waals surface area contributed by atoms with Crippen molar-refractivity contribution >= 4 is 11.9 Å². The lowest BCUT2D eigenvalue weighted by Crippen LogP contribution is -2.39. The zero-order chi connectivity index (χ0) is 18.9. The number of rotatable bonds is 4. The highest BCUT2D eigenvalue weighted by Gasteiger charge is 2.59. The van der Waals surface area contributed by atoms with Crippen molar-refractivity contribution < 1.29 is 23.8 Å². The van der Waals surface area contributed by atoms with Gasteiger partial charge in [0.1, 0.15) is 5.75 Å². The first-order valence-electron chi connectivity index (χ1n) is 8.96. The van der Waals surface area contributed by atoms with Gasteiger partial charge >= 0.3 is 11.9 Å². The van der Waals surface area contributed by atoms with Crippen LogP contribution in [0.5, 0.6) is 5.75 Å². The molecule has 3 rings (SSSR count). The fraction of sp³-hybridized carbons (Fsp3) is 0.524. The second-order valence-electron chi connectivity index (χ2n) is 7.34. The summed E-state index contributed by atoms with van der Waals surface area (Å²) in [4.78, 5) is 25.0. The minimum absolute atomic E-state index is 0.150. The van der Waals surface area contributed by atoms with E-state index in [0.29, 0.717) is 18.8 Å². The predicted octanol–water partition coefficient (Wildman–Crippen LogP) is 3.34. The molecule has 1 aromatic carbocycles. The van der Waals surface area contributed by atoms with Crippen LogP contribution in [0.25, 0.3) is 0 Å². The van der Waals surface area contributed by atoms with Gasteiger partial charge in [0.15, 0.2) is 5.41 Å². The molecule has 5 heteroatoms. The maximum Gasteiger partial charge on any atom is 0.323 e. The summed E-state index contributed by atoms with van der Waals surface area (Å²) in [6, 6.07) is 8.06. The minimum atomic E-state index is -1.21. The first-order chi connectivity index (χ1) is 12.5. The van der Waals surface area contributed by atoms with Gasteiger partial charge in [0, 0.05) is 0 Å². The fourth-order valence-corrected chi connectivity index (χ4v) is 4.81. The summed E-state index contributed by atoms with van der Waals surface area (Å²) >= 11 is 0. The Bertz CT molecular complexity index is 690. The number of hydrogen-bond donors (Lipinski definition) is 0. The van der Waals surface area contributed by atoms with E-state index in [1.165, 1.54) is 19.8 Å². The molecule has 2 aliphatic rings. The number of ether oxygens (including phenoxy) is 3. The third-order valence-corrected chi connectivity index (χ3v) is 6.06. The van der Waals surface area contributed by atoms with Crippen LogP contribution in [-0.2, 0) is 19.1 Å². The molecule has 26 heavy (non-hydrogen) atoms. The molecule has 1 saturated carbocycles. The maximum absolute atomic E-state index is 12.5. The third-order valence-electron chi connectivity index (χ3n) is 6.06. The highest BCUT2D eigenvalue weighted by molar-refractivity contribution is 6.00. The van der Waals surface area contributed by atoms with Crippen molar-refractivity contribution in [2.45, 2.75) is 25.7 Å². The molecule has 0 unspecified atom stereocenters. The number of allylic oxidation sites excluding steroid dienone is 2. The first-order valence-corrected chi connectivity index (χ1v) is 8.96. The van der Waals surface area contributed by atoms with Gasteiger partial charge in [0.05, 0.1) is 21.3 Å². The fourth-order valence-electron chi connectivity index (χ4n) is 4.81. The average Bonchev–Trinajstić information content (AvgIpc) is 3.07. The van der Waals surface area contributed by atoms with E-state index in [-0.39, 0.29) is 17.8 Å². The van der Waals surface area contributed by atoms with Crippen molar-refractivity contribution in [3.05, 3.63) is 42.0 Å². The zero-order valence-electron chi connectivity index (χ0n) is 15.7. The highest BCUT2D eigenvalue weighted by Crippen LogP contribution is 2.56. The molecule has 0 N–H and O–H groups in total. The average molecular weight is 358 g/mol. The lowest BCUT2D eigenvalue weighted by Gasteiger charge is -2.35. The molecule has 0 spiro atoms. The Morgan fingerprint density at radius 3 is 2.12 bits per heavy atom. The number of hydrogen-bond acceptors (Lipinski definition) is 5. The summed E-state index contributed by atoms with van der Waals surface area (Å²) in [5.41, 5.74) is -0.0130. The third kappa shape index (κ3) is 2.89. The van der Waals surface area contributed by atoms with E-state index in [2.05, 4.69) is 31.2 Å². The number of fused-ring (bicyclic) bond motifs is 1. The molecular formula is C21H26O5. The highest BCUT2D eigenvalue weighted by atomic mass is 16.5. The molecule has 0 aliphatic heterocycles. The number of benzene rings is 1. The van der Waals surface area contributed by atoms with E-state index in [9.17, 15) is 9.59 Å². The molecule has 0 aromatic heterocycles. The summed E-state index contributed by atoms with van der Waals surface area (Å²) in [6.07, 6.45) is 5.24. The van der Waals surface area contributed by atoms with Crippen molar-refractivity contribution in [2.24, 2.45) is 23.2 Å². The quantitative estimate of drug-likeness (QED) is 0.469. The van der Waals surface area contributed by atoms with Crippen LogP contribution in [0.2, 0.25) is 0 Å². The van der Waals surface area contributed by atoms with E-state index >= 15 is 0 Å². The number of carbonyl (C=O) groups is 2. The Balaban J connectivity index is 1.97. The molecule has 140 valence electrons. The Kier molecular flexibility index (Phi) is 5.08. The van der Waals surface area contributed by atoms with Gasteiger partial charge in [-0.25, -0.2) is 0 Å². The minimum Gasteiger partial charge on any atom is -0.497 e. The molecule has 1 aromatic rings. The topological polar surface area (TPSA) is 61.8 Å². The maximum atomic E-state index is 12.5. The van der Waals surface area contributed by atoms with Crippen LogP contribution in [0.3, 0.4) is 0 Å². The van der Waals surface area contributed by atoms with E-state index < -0.39 is 17.4 Å². The van der Waals surface area contributed by atoms with E-state index in [0.717, 1.165) is 5.75 Å². The van der Waals surface area contributed by atoms with Crippen LogP contribution in [0.4, 0.5) is 0 Å². The number of esters is 2. The normalized spacial score (nSPS) is 28.9. The van der Waals surface area contributed by atoms with Crippen LogP contribution in [-0.4, -0.2) is 33.3 Å². The van der Waals surface area contributed by atoms with Gasteiger partial charge < -0.3 is 14.2 Å². The molecule has 1 fully saturated rings. The largest absolute Gasteiger partial charge is 0.497 e. The predicted molar refractivity (Wildman–Crippen MR) is 96.7 cm³/mol. The molecule has 4 atom stereocenters. The molecular weight excluding hydrogens is 332 g/mol. The van der Waals surface area contributed by atoms with Gasteiger partial charge in [0.25, 0.3) is 0 Å². The zero-order valence-corrected chi connectivity index (χ0v) is 15.7. The Morgan fingerprint density at radius 2 is 1.58 bits per heavy atom. The van der Waals surface area contributed by atoms with Crippen molar-refractivity contribution in [3.8, 4) is 5.75 Å². The van der Waals surface area contributed by atoms with Gasteiger partial charge in [-0.05, 0) is 54.2 Å². The van der Waals surface area contributed by atoms with Crippen LogP contribution in [0, 0.1) is 23.2 Å². The summed E-state index contributed by atoms with van der Waals surface area (Å²) in [7, 11) is 4.30. The van der Waals surface area contributed by atoms with Gasteiger partial charge in [0.2, 0.25) is 0 Å². The van der Waals surface area contributed by atoms with Crippen LogP contribution >= 0.6 is 0 Å². The van der Waals surface area contributed by atoms with Gasteiger partial charge in [-0.1, -0.05) is 31.2 Å². The molecule has 0 heterocycles. The molecule has 0 amide bonds. The van der Waals surface area contributed by atoms with Gasteiger partial charge in [-0.2, -0.15) is 0 Å².